The molecule has 0 saturated carbocycles. The Labute approximate surface area is 171 Å². The number of hydrogen-bond acceptors (Lipinski definition) is 7. The van der Waals surface area contributed by atoms with Crippen molar-refractivity contribution in [1.82, 2.24) is 4.99 Å². The van der Waals surface area contributed by atoms with Gasteiger partial charge in [-0.1, -0.05) is 0 Å². The molecule has 0 bridgehead atoms. The molecule has 153 valence electrons. The van der Waals surface area contributed by atoms with Crippen LogP contribution in [0.5, 0.6) is 11.5 Å². The van der Waals surface area contributed by atoms with E-state index >= 15 is 0 Å². The van der Waals surface area contributed by atoms with Gasteiger partial charge in [0.25, 0.3) is 0 Å². The van der Waals surface area contributed by atoms with Crippen LogP contribution in [0.25, 0.3) is 0 Å². The van der Waals surface area contributed by atoms with Gasteiger partial charge in [-0.25, -0.2) is 4.48 Å². The summed E-state index contributed by atoms with van der Waals surface area (Å²) in [6, 6.07) is 10.6. The summed E-state index contributed by atoms with van der Waals surface area (Å²) >= 11 is 0. The summed E-state index contributed by atoms with van der Waals surface area (Å²) in [5.41, 5.74) is 25.6. The van der Waals surface area contributed by atoms with Crippen LogP contribution in [0.3, 0.4) is 0 Å². The van der Waals surface area contributed by atoms with Crippen LogP contribution in [0.2, 0.25) is 0 Å². The maximum Gasteiger partial charge on any atom is 0.403 e. The molecule has 0 aliphatic carbocycles. The van der Waals surface area contributed by atoms with E-state index in [0.717, 1.165) is 25.9 Å². The van der Waals surface area contributed by atoms with Gasteiger partial charge >= 0.3 is 12.5 Å². The van der Waals surface area contributed by atoms with Gasteiger partial charge in [-0.3, -0.25) is 0 Å². The van der Waals surface area contributed by atoms with Gasteiger partial charge in [0.15, 0.2) is 6.20 Å². The summed E-state index contributed by atoms with van der Waals surface area (Å²) < 4.78 is 12.3. The predicted octanol–water partition coefficient (Wildman–Crippen LogP) is 1.92. The number of aliphatic imine (C=N–C) groups is 1. The number of rotatable bonds is 10. The van der Waals surface area contributed by atoms with Crippen molar-refractivity contribution < 1.29 is 14.0 Å². The Morgan fingerprint density at radius 3 is 1.69 bits per heavy atom. The third kappa shape index (κ3) is 5.55. The molecule has 2 aromatic rings. The van der Waals surface area contributed by atoms with Crippen LogP contribution in [-0.4, -0.2) is 37.1 Å². The first kappa shape index (κ1) is 20.3. The molecule has 0 atom stereocenters. The Morgan fingerprint density at radius 1 is 0.759 bits per heavy atom. The zero-order chi connectivity index (χ0) is 20.7. The third-order valence-corrected chi connectivity index (χ3v) is 4.77. The van der Waals surface area contributed by atoms with Gasteiger partial charge in [-0.15, -0.1) is 0 Å². The molecule has 0 aromatic heterocycles. The van der Waals surface area contributed by atoms with Crippen molar-refractivity contribution in [1.29, 1.82) is 0 Å². The van der Waals surface area contributed by atoms with E-state index in [2.05, 4.69) is 11.2 Å². The molecule has 0 spiro atoms. The van der Waals surface area contributed by atoms with Crippen LogP contribution < -0.4 is 37.4 Å². The van der Waals surface area contributed by atoms with E-state index in [4.69, 9.17) is 32.4 Å². The number of benzene rings is 2. The number of hydrogen-bond donors (Lipinski definition) is 4. The molecule has 29 heavy (non-hydrogen) atoms. The minimum absolute atomic E-state index is 0.551. The van der Waals surface area contributed by atoms with Crippen molar-refractivity contribution >= 4 is 29.1 Å². The van der Waals surface area contributed by atoms with Crippen LogP contribution in [0, 0.1) is 0 Å². The molecule has 2 aromatic carbocycles. The Kier molecular flexibility index (Phi) is 6.46. The number of nitrogens with two attached hydrogens (primary N) is 4. The molecule has 8 N–H and O–H groups in total. The first-order chi connectivity index (χ1) is 14.0. The van der Waals surface area contributed by atoms with E-state index in [9.17, 15) is 0 Å². The SMILES string of the molecule is Nc1ccc(OCCC[N+]2(CCCOc3ccc(N)cc3N)C=C[N+]=C2)c(N)c1. The van der Waals surface area contributed by atoms with Crippen LogP contribution in [-0.2, 0) is 0 Å². The van der Waals surface area contributed by atoms with Crippen molar-refractivity contribution in [2.75, 3.05) is 49.2 Å². The molecule has 0 saturated heterocycles. The lowest BCUT2D eigenvalue weighted by atomic mass is 10.2. The maximum absolute atomic E-state index is 5.93. The summed E-state index contributed by atoms with van der Waals surface area (Å²) in [4.78, 5) is 4.28. The van der Waals surface area contributed by atoms with E-state index in [1.165, 1.54) is 0 Å². The highest BCUT2D eigenvalue weighted by Gasteiger charge is 2.32. The molecule has 8 heteroatoms. The molecule has 0 fully saturated rings. The Bertz CT molecular complexity index is 823. The quantitative estimate of drug-likeness (QED) is 0.275. The second-order valence-corrected chi connectivity index (χ2v) is 7.11. The fourth-order valence-electron chi connectivity index (χ4n) is 3.24. The summed E-state index contributed by atoms with van der Waals surface area (Å²) in [6.07, 6.45) is 7.58. The fraction of sp³-hybridized carbons (Fsp3) is 0.286. The Morgan fingerprint density at radius 2 is 1.28 bits per heavy atom. The van der Waals surface area contributed by atoms with Crippen LogP contribution >= 0.6 is 0 Å². The van der Waals surface area contributed by atoms with Gasteiger partial charge in [0.2, 0.25) is 0 Å². The normalized spacial score (nSPS) is 14.2. The molecule has 1 heterocycles. The van der Waals surface area contributed by atoms with E-state index in [1.54, 1.807) is 36.4 Å². The molecule has 0 unspecified atom stereocenters. The standard InChI is InChI=1S/C21H29N6O2/c22-16-3-5-20(18(24)13-16)28-11-1-8-27(10-7-26-15-27)9-2-12-29-21-6-4-17(23)14-19(21)25/h3-7,10,13-15H,1-2,8-9,11-12,22-25H2/q+2. The van der Waals surface area contributed by atoms with Crippen molar-refractivity contribution in [2.45, 2.75) is 12.8 Å². The molecule has 0 amide bonds. The summed E-state index contributed by atoms with van der Waals surface area (Å²) in [6.45, 7) is 2.88. The topological polar surface area (TPSA) is 137 Å². The minimum Gasteiger partial charge on any atom is -0.491 e. The van der Waals surface area contributed by atoms with Gasteiger partial charge < -0.3 is 32.4 Å². The number of quaternary nitrogens is 1. The van der Waals surface area contributed by atoms with Crippen LogP contribution in [0.4, 0.5) is 22.7 Å². The average Bonchev–Trinajstić information content (AvgIpc) is 3.14. The zero-order valence-corrected chi connectivity index (χ0v) is 16.5. The molecular formula is C21H29N6O2+2. The van der Waals surface area contributed by atoms with Gasteiger partial charge in [0, 0.05) is 24.2 Å². The third-order valence-electron chi connectivity index (χ3n) is 4.77. The molecule has 1 aliphatic rings. The molecule has 1 radical (unpaired) electrons. The highest BCUT2D eigenvalue weighted by atomic mass is 16.5. The molecule has 1 aliphatic heterocycles. The second kappa shape index (κ2) is 9.20. The monoisotopic (exact) mass is 397 g/mol. The Hall–Kier alpha value is -3.39. The number of nitrogen functional groups attached to an aromatic ring is 4. The van der Waals surface area contributed by atoms with Crippen LogP contribution in [0.1, 0.15) is 12.8 Å². The molecule has 3 rings (SSSR count). The van der Waals surface area contributed by atoms with Gasteiger partial charge in [-0.2, -0.15) is 0 Å². The van der Waals surface area contributed by atoms with Gasteiger partial charge in [-0.05, 0) is 36.4 Å². The number of anilines is 4. The lowest BCUT2D eigenvalue weighted by molar-refractivity contribution is -0.780. The molecular weight excluding hydrogens is 368 g/mol. The summed E-state index contributed by atoms with van der Waals surface area (Å²) in [5, 5.41) is 0. The van der Waals surface area contributed by atoms with Gasteiger partial charge in [0.05, 0.1) is 37.7 Å². The van der Waals surface area contributed by atoms with E-state index in [-0.39, 0.29) is 0 Å². The highest BCUT2D eigenvalue weighted by Crippen LogP contribution is 2.25. The lowest BCUT2D eigenvalue weighted by Crippen LogP contribution is -2.43. The van der Waals surface area contributed by atoms with E-state index in [1.807, 2.05) is 12.5 Å². The summed E-state index contributed by atoms with van der Waals surface area (Å²) in [5.74, 6) is 1.32. The average molecular weight is 398 g/mol. The van der Waals surface area contributed by atoms with Gasteiger partial charge in [0.1, 0.15) is 16.5 Å². The number of nitrogens with zero attached hydrogens (tertiary/aromatic N) is 2. The van der Waals surface area contributed by atoms with Crippen molar-refractivity contribution in [3.8, 4) is 11.5 Å². The summed E-state index contributed by atoms with van der Waals surface area (Å²) in [7, 11) is 0. The highest BCUT2D eigenvalue weighted by molar-refractivity contribution is 5.61. The van der Waals surface area contributed by atoms with Crippen molar-refractivity contribution in [3.05, 3.63) is 48.8 Å². The zero-order valence-electron chi connectivity index (χ0n) is 16.5. The van der Waals surface area contributed by atoms with E-state index < -0.39 is 0 Å². The fourth-order valence-corrected chi connectivity index (χ4v) is 3.24. The first-order valence-electron chi connectivity index (χ1n) is 9.61. The maximum atomic E-state index is 5.93. The smallest absolute Gasteiger partial charge is 0.403 e. The Balaban J connectivity index is 1.43. The second-order valence-electron chi connectivity index (χ2n) is 7.11. The molecule has 8 nitrogen and oxygen atoms in total. The van der Waals surface area contributed by atoms with Crippen molar-refractivity contribution in [2.24, 2.45) is 0 Å². The number of ether oxygens (including phenoxy) is 2. The first-order valence-corrected chi connectivity index (χ1v) is 9.61. The van der Waals surface area contributed by atoms with E-state index in [0.29, 0.717) is 51.9 Å². The van der Waals surface area contributed by atoms with Crippen LogP contribution in [0.15, 0.2) is 48.8 Å². The van der Waals surface area contributed by atoms with Crippen molar-refractivity contribution in [3.63, 3.8) is 0 Å². The minimum atomic E-state index is 0.551. The predicted molar refractivity (Wildman–Crippen MR) is 118 cm³/mol. The lowest BCUT2D eigenvalue weighted by Gasteiger charge is -2.23. The largest absolute Gasteiger partial charge is 0.491 e.